The number of hydrogen-bond acceptors (Lipinski definition) is 6. The molecular formula is C34H31NO5S. The van der Waals surface area contributed by atoms with Crippen molar-refractivity contribution in [3.05, 3.63) is 135 Å². The van der Waals surface area contributed by atoms with E-state index >= 15 is 0 Å². The minimum Gasteiger partial charge on any atom is -0.492 e. The lowest BCUT2D eigenvalue weighted by Crippen LogP contribution is -2.19. The number of esters is 1. The summed E-state index contributed by atoms with van der Waals surface area (Å²) in [6, 6.07) is 32.3. The van der Waals surface area contributed by atoms with Crippen molar-refractivity contribution in [3.63, 3.8) is 0 Å². The summed E-state index contributed by atoms with van der Waals surface area (Å²) in [5.41, 5.74) is 4.19. The van der Waals surface area contributed by atoms with Crippen molar-refractivity contribution in [3.8, 4) is 5.75 Å². The van der Waals surface area contributed by atoms with Gasteiger partial charge >= 0.3 is 10.8 Å². The third-order valence-corrected chi connectivity index (χ3v) is 8.06. The van der Waals surface area contributed by atoms with Crippen molar-refractivity contribution in [1.29, 1.82) is 0 Å². The highest BCUT2D eigenvalue weighted by molar-refractivity contribution is 7.16. The van der Waals surface area contributed by atoms with E-state index in [1.54, 1.807) is 28.8 Å². The van der Waals surface area contributed by atoms with Crippen LogP contribution in [-0.4, -0.2) is 30.0 Å². The van der Waals surface area contributed by atoms with Gasteiger partial charge in [0, 0.05) is 11.1 Å². The van der Waals surface area contributed by atoms with E-state index in [0.717, 1.165) is 33.5 Å². The van der Waals surface area contributed by atoms with Gasteiger partial charge in [-0.05, 0) is 60.7 Å². The van der Waals surface area contributed by atoms with Crippen LogP contribution in [0.5, 0.6) is 5.75 Å². The zero-order chi connectivity index (χ0) is 28.6. The van der Waals surface area contributed by atoms with Gasteiger partial charge in [-0.25, -0.2) is 0 Å². The Hall–Kier alpha value is -4.49. The SMILES string of the molecule is COC(=O)C(CCc1ccccc1)Cc1ccc(OCCn2c(=O)sc3cc(C(=O)c4ccccc4)ccc32)cc1. The van der Waals surface area contributed by atoms with E-state index in [1.807, 2.05) is 66.7 Å². The van der Waals surface area contributed by atoms with E-state index in [2.05, 4.69) is 12.1 Å². The Bertz CT molecular complexity index is 1670. The summed E-state index contributed by atoms with van der Waals surface area (Å²) >= 11 is 1.13. The van der Waals surface area contributed by atoms with Crippen LogP contribution in [0.3, 0.4) is 0 Å². The van der Waals surface area contributed by atoms with Gasteiger partial charge < -0.3 is 9.47 Å². The number of ketones is 1. The maximum Gasteiger partial charge on any atom is 0.309 e. The smallest absolute Gasteiger partial charge is 0.309 e. The molecule has 1 atom stereocenters. The average molecular weight is 566 g/mol. The fraction of sp³-hybridized carbons (Fsp3) is 0.206. The van der Waals surface area contributed by atoms with Gasteiger partial charge in [-0.2, -0.15) is 0 Å². The molecule has 0 saturated heterocycles. The Labute approximate surface area is 242 Å². The van der Waals surface area contributed by atoms with Crippen LogP contribution < -0.4 is 9.61 Å². The van der Waals surface area contributed by atoms with Gasteiger partial charge in [0.2, 0.25) is 0 Å². The molecule has 0 saturated carbocycles. The molecule has 5 aromatic rings. The number of methoxy groups -OCH3 is 1. The summed E-state index contributed by atoms with van der Waals surface area (Å²) in [5, 5.41) is 0. The summed E-state index contributed by atoms with van der Waals surface area (Å²) in [5.74, 6) is 0.192. The Morgan fingerprint density at radius 3 is 2.24 bits per heavy atom. The van der Waals surface area contributed by atoms with Gasteiger partial charge in [0.25, 0.3) is 0 Å². The molecule has 0 aliphatic heterocycles. The first-order valence-electron chi connectivity index (χ1n) is 13.6. The van der Waals surface area contributed by atoms with Crippen LogP contribution in [-0.2, 0) is 28.9 Å². The van der Waals surface area contributed by atoms with Gasteiger partial charge in [0.1, 0.15) is 12.4 Å². The summed E-state index contributed by atoms with van der Waals surface area (Å²) in [6.45, 7) is 0.702. The number of rotatable bonds is 12. The molecule has 208 valence electrons. The summed E-state index contributed by atoms with van der Waals surface area (Å²) in [7, 11) is 1.43. The number of hydrogen-bond donors (Lipinski definition) is 0. The van der Waals surface area contributed by atoms with E-state index in [1.165, 1.54) is 12.7 Å². The van der Waals surface area contributed by atoms with E-state index in [4.69, 9.17) is 9.47 Å². The topological polar surface area (TPSA) is 74.6 Å². The molecule has 41 heavy (non-hydrogen) atoms. The van der Waals surface area contributed by atoms with Crippen LogP contribution in [0, 0.1) is 5.92 Å². The fourth-order valence-corrected chi connectivity index (χ4v) is 5.85. The molecule has 4 aromatic carbocycles. The number of benzene rings is 4. The fourth-order valence-electron chi connectivity index (χ4n) is 4.89. The number of fused-ring (bicyclic) bond motifs is 1. The Balaban J connectivity index is 1.18. The predicted molar refractivity (Wildman–Crippen MR) is 162 cm³/mol. The molecule has 7 heteroatoms. The number of ether oxygens (including phenoxy) is 2. The number of thiazole rings is 1. The number of aromatic nitrogens is 1. The van der Waals surface area contributed by atoms with Crippen molar-refractivity contribution in [2.45, 2.75) is 25.8 Å². The highest BCUT2D eigenvalue weighted by Gasteiger charge is 2.20. The molecule has 5 rings (SSSR count). The van der Waals surface area contributed by atoms with E-state index in [0.29, 0.717) is 42.9 Å². The van der Waals surface area contributed by atoms with Crippen molar-refractivity contribution in [2.75, 3.05) is 13.7 Å². The normalized spacial score (nSPS) is 11.7. The third kappa shape index (κ3) is 6.99. The van der Waals surface area contributed by atoms with Gasteiger partial charge in [-0.15, -0.1) is 0 Å². The maximum absolute atomic E-state index is 12.8. The highest BCUT2D eigenvalue weighted by Crippen LogP contribution is 2.22. The summed E-state index contributed by atoms with van der Waals surface area (Å²) in [6.07, 6.45) is 2.11. The summed E-state index contributed by atoms with van der Waals surface area (Å²) in [4.78, 5) is 37.8. The van der Waals surface area contributed by atoms with Gasteiger partial charge in [0.05, 0.1) is 29.8 Å². The zero-order valence-corrected chi connectivity index (χ0v) is 23.6. The molecule has 0 fully saturated rings. The molecular weight excluding hydrogens is 534 g/mol. The van der Waals surface area contributed by atoms with E-state index in [9.17, 15) is 14.4 Å². The van der Waals surface area contributed by atoms with Crippen molar-refractivity contribution < 1.29 is 19.1 Å². The first kappa shape index (κ1) is 28.1. The molecule has 0 amide bonds. The number of carbonyl (C=O) groups is 2. The van der Waals surface area contributed by atoms with Gasteiger partial charge in [-0.3, -0.25) is 19.0 Å². The molecule has 6 nitrogen and oxygen atoms in total. The van der Waals surface area contributed by atoms with Crippen molar-refractivity contribution in [1.82, 2.24) is 4.57 Å². The Kier molecular flexibility index (Phi) is 9.06. The lowest BCUT2D eigenvalue weighted by Gasteiger charge is -2.15. The monoisotopic (exact) mass is 565 g/mol. The minimum atomic E-state index is -0.228. The first-order chi connectivity index (χ1) is 20.0. The molecule has 0 N–H and O–H groups in total. The predicted octanol–water partition coefficient (Wildman–Crippen LogP) is 6.34. The zero-order valence-electron chi connectivity index (χ0n) is 22.8. The molecule has 0 bridgehead atoms. The molecule has 1 heterocycles. The standard InChI is InChI=1S/C34H31NO5S/c1-39-33(37)28(15-12-24-8-4-2-5-9-24)22-25-13-17-29(18-14-25)40-21-20-35-30-19-16-27(23-31(30)41-34(35)38)32(36)26-10-6-3-7-11-26/h2-11,13-14,16-19,23,28H,12,15,20-22H2,1H3. The van der Waals surface area contributed by atoms with Crippen LogP contribution in [0.1, 0.15) is 33.5 Å². The molecule has 0 spiro atoms. The van der Waals surface area contributed by atoms with Gasteiger partial charge in [-0.1, -0.05) is 84.1 Å². The average Bonchev–Trinajstić information content (AvgIpc) is 3.34. The molecule has 1 unspecified atom stereocenters. The third-order valence-electron chi connectivity index (χ3n) is 7.11. The van der Waals surface area contributed by atoms with Crippen LogP contribution >= 0.6 is 11.3 Å². The summed E-state index contributed by atoms with van der Waals surface area (Å²) < 4.78 is 13.4. The minimum absolute atomic E-state index is 0.0687. The second kappa shape index (κ2) is 13.2. The lowest BCUT2D eigenvalue weighted by molar-refractivity contribution is -0.145. The van der Waals surface area contributed by atoms with Crippen LogP contribution in [0.2, 0.25) is 0 Å². The lowest BCUT2D eigenvalue weighted by atomic mass is 9.93. The number of carbonyl (C=O) groups excluding carboxylic acids is 2. The van der Waals surface area contributed by atoms with E-state index in [-0.39, 0.29) is 22.5 Å². The second-order valence-corrected chi connectivity index (χ2v) is 10.8. The number of nitrogens with zero attached hydrogens (tertiary/aromatic N) is 1. The molecule has 0 radical (unpaired) electrons. The quantitative estimate of drug-likeness (QED) is 0.130. The largest absolute Gasteiger partial charge is 0.492 e. The van der Waals surface area contributed by atoms with Crippen LogP contribution in [0.15, 0.2) is 108 Å². The second-order valence-electron chi connectivity index (χ2n) is 9.84. The van der Waals surface area contributed by atoms with Crippen LogP contribution in [0.25, 0.3) is 10.2 Å². The Morgan fingerprint density at radius 2 is 1.54 bits per heavy atom. The van der Waals surface area contributed by atoms with Crippen molar-refractivity contribution >= 4 is 33.3 Å². The first-order valence-corrected chi connectivity index (χ1v) is 14.4. The van der Waals surface area contributed by atoms with Gasteiger partial charge in [0.15, 0.2) is 5.78 Å². The maximum atomic E-state index is 12.8. The van der Waals surface area contributed by atoms with E-state index < -0.39 is 0 Å². The molecule has 1 aromatic heterocycles. The molecule has 0 aliphatic rings. The molecule has 0 aliphatic carbocycles. The Morgan fingerprint density at radius 1 is 0.829 bits per heavy atom. The highest BCUT2D eigenvalue weighted by atomic mass is 32.1. The van der Waals surface area contributed by atoms with Crippen molar-refractivity contribution in [2.24, 2.45) is 5.92 Å². The van der Waals surface area contributed by atoms with Crippen LogP contribution in [0.4, 0.5) is 0 Å². The number of aryl methyl sites for hydroxylation is 1.